The summed E-state index contributed by atoms with van der Waals surface area (Å²) in [5.41, 5.74) is -5.39. The van der Waals surface area contributed by atoms with Crippen molar-refractivity contribution in [1.29, 1.82) is 0 Å². The first-order chi connectivity index (χ1) is 14.2. The molecule has 3 aromatic rings. The zero-order valence-corrected chi connectivity index (χ0v) is 17.1. The second-order valence-corrected chi connectivity index (χ2v) is 10.7. The van der Waals surface area contributed by atoms with Gasteiger partial charge in [-0.15, -0.1) is 0 Å². The molecule has 0 aliphatic carbocycles. The van der Waals surface area contributed by atoms with Gasteiger partial charge in [0.25, 0.3) is 0 Å². The molecule has 158 valence electrons. The minimum atomic E-state index is -5.99. The molecule has 0 aliphatic heterocycles. The van der Waals surface area contributed by atoms with E-state index in [1.165, 1.54) is 36.4 Å². The Morgan fingerprint density at radius 1 is 0.733 bits per heavy atom. The Bertz CT molecular complexity index is 1060. The molecule has 4 nitrogen and oxygen atoms in total. The number of carbonyl (C=O) groups excluding carboxylic acids is 1. The maximum atomic E-state index is 13.3. The standard InChI is InChI=1S/C21H17F3O4S2/c22-21(23,24)30(26,27)28-29(18-12-6-2-7-13-18,19-14-8-3-9-15-19)16-20(25)17-10-4-1-5-11-17/h1-15H,16H2. The van der Waals surface area contributed by atoms with Crippen molar-refractivity contribution in [2.75, 3.05) is 5.75 Å². The number of hydrogen-bond acceptors (Lipinski definition) is 4. The number of benzene rings is 3. The van der Waals surface area contributed by atoms with Gasteiger partial charge in [0, 0.05) is 15.4 Å². The van der Waals surface area contributed by atoms with Crippen LogP contribution in [0.3, 0.4) is 0 Å². The van der Waals surface area contributed by atoms with Gasteiger partial charge in [-0.1, -0.05) is 77.0 Å². The minimum absolute atomic E-state index is 0.188. The SMILES string of the molecule is O=C(CS(OS(=O)(=O)C(F)(F)F)(c1ccccc1)c1ccccc1)c1ccccc1. The summed E-state index contributed by atoms with van der Waals surface area (Å²) in [7, 11) is -9.39. The molecule has 30 heavy (non-hydrogen) atoms. The van der Waals surface area contributed by atoms with Gasteiger partial charge in [-0.05, 0) is 24.3 Å². The summed E-state index contributed by atoms with van der Waals surface area (Å²) in [4.78, 5) is 13.4. The lowest BCUT2D eigenvalue weighted by atomic mass is 10.2. The molecule has 3 aromatic carbocycles. The van der Waals surface area contributed by atoms with E-state index in [9.17, 15) is 26.4 Å². The van der Waals surface area contributed by atoms with E-state index < -0.39 is 37.5 Å². The van der Waals surface area contributed by atoms with E-state index in [0.717, 1.165) is 0 Å². The van der Waals surface area contributed by atoms with Crippen molar-refractivity contribution >= 4 is 26.2 Å². The highest BCUT2D eigenvalue weighted by atomic mass is 32.3. The Kier molecular flexibility index (Phi) is 6.35. The molecular weight excluding hydrogens is 437 g/mol. The lowest BCUT2D eigenvalue weighted by molar-refractivity contribution is -0.0496. The zero-order valence-electron chi connectivity index (χ0n) is 15.5. The molecule has 0 aliphatic rings. The number of halogens is 3. The molecule has 0 heterocycles. The highest BCUT2D eigenvalue weighted by Crippen LogP contribution is 2.65. The van der Waals surface area contributed by atoms with Gasteiger partial charge in [-0.3, -0.25) is 4.79 Å². The fourth-order valence-electron chi connectivity index (χ4n) is 2.77. The summed E-state index contributed by atoms with van der Waals surface area (Å²) in [5, 5.41) is 0. The molecule has 0 amide bonds. The molecule has 0 saturated carbocycles. The van der Waals surface area contributed by atoms with Gasteiger partial charge >= 0.3 is 15.6 Å². The van der Waals surface area contributed by atoms with Crippen molar-refractivity contribution in [3.05, 3.63) is 96.6 Å². The predicted octanol–water partition coefficient (Wildman–Crippen LogP) is 5.57. The largest absolute Gasteiger partial charge is 0.523 e. The molecule has 0 atom stereocenters. The van der Waals surface area contributed by atoms with Crippen molar-refractivity contribution in [2.24, 2.45) is 0 Å². The monoisotopic (exact) mass is 454 g/mol. The molecule has 0 unspecified atom stereocenters. The smallest absolute Gasteiger partial charge is 0.293 e. The first kappa shape index (κ1) is 22.1. The Hall–Kier alpha value is -2.62. The van der Waals surface area contributed by atoms with Gasteiger partial charge in [-0.25, -0.2) is 3.63 Å². The Morgan fingerprint density at radius 3 is 1.53 bits per heavy atom. The van der Waals surface area contributed by atoms with Gasteiger partial charge in [0.05, 0.1) is 5.75 Å². The summed E-state index contributed by atoms with van der Waals surface area (Å²) in [6.45, 7) is 0. The molecule has 0 radical (unpaired) electrons. The summed E-state index contributed by atoms with van der Waals surface area (Å²) in [6, 6.07) is 23.3. The normalized spacial score (nSPS) is 13.0. The van der Waals surface area contributed by atoms with E-state index >= 15 is 0 Å². The number of rotatable bonds is 7. The van der Waals surface area contributed by atoms with Gasteiger partial charge in [-0.2, -0.15) is 21.6 Å². The Balaban J connectivity index is 2.23. The van der Waals surface area contributed by atoms with Crippen molar-refractivity contribution < 1.29 is 30.0 Å². The highest BCUT2D eigenvalue weighted by molar-refractivity contribution is 8.33. The first-order valence-electron chi connectivity index (χ1n) is 8.67. The minimum Gasteiger partial charge on any atom is -0.293 e. The van der Waals surface area contributed by atoms with Crippen LogP contribution in [0, 0.1) is 0 Å². The van der Waals surface area contributed by atoms with E-state index in [2.05, 4.69) is 0 Å². The van der Waals surface area contributed by atoms with Crippen LogP contribution in [0.2, 0.25) is 0 Å². The Morgan fingerprint density at radius 2 is 1.13 bits per heavy atom. The van der Waals surface area contributed by atoms with Crippen LogP contribution in [-0.2, 0) is 13.7 Å². The Labute approximate surface area is 174 Å². The molecule has 9 heteroatoms. The third kappa shape index (κ3) is 4.58. The predicted molar refractivity (Wildman–Crippen MR) is 109 cm³/mol. The van der Waals surface area contributed by atoms with Gasteiger partial charge in [0.15, 0.2) is 5.78 Å². The molecule has 0 aromatic heterocycles. The van der Waals surface area contributed by atoms with Crippen LogP contribution in [0.4, 0.5) is 13.2 Å². The van der Waals surface area contributed by atoms with Crippen LogP contribution >= 0.6 is 10.3 Å². The topological polar surface area (TPSA) is 60.4 Å². The number of Topliss-reactive ketones (excluding diaryl/α,β-unsaturated/α-hetero) is 1. The first-order valence-corrected chi connectivity index (χ1v) is 11.8. The maximum absolute atomic E-state index is 13.3. The molecule has 0 fully saturated rings. The van der Waals surface area contributed by atoms with Crippen molar-refractivity contribution in [1.82, 2.24) is 0 Å². The van der Waals surface area contributed by atoms with Gasteiger partial charge in [0.2, 0.25) is 0 Å². The third-order valence-electron chi connectivity index (χ3n) is 4.17. The fourth-order valence-corrected chi connectivity index (χ4v) is 7.46. The molecule has 0 N–H and O–H groups in total. The average molecular weight is 454 g/mol. The van der Waals surface area contributed by atoms with Crippen LogP contribution in [0.15, 0.2) is 101 Å². The number of carbonyl (C=O) groups is 1. The van der Waals surface area contributed by atoms with Crippen LogP contribution in [0.5, 0.6) is 0 Å². The van der Waals surface area contributed by atoms with E-state index in [1.54, 1.807) is 54.6 Å². The van der Waals surface area contributed by atoms with E-state index in [-0.39, 0.29) is 15.4 Å². The van der Waals surface area contributed by atoms with Crippen molar-refractivity contribution in [3.63, 3.8) is 0 Å². The van der Waals surface area contributed by atoms with E-state index in [1.807, 2.05) is 0 Å². The molecule has 0 bridgehead atoms. The van der Waals surface area contributed by atoms with Crippen LogP contribution in [-0.4, -0.2) is 25.5 Å². The molecule has 3 rings (SSSR count). The number of alkyl halides is 3. The second kappa shape index (κ2) is 8.63. The molecular formula is C21H17F3O4S2. The summed E-state index contributed by atoms with van der Waals surface area (Å²) in [5.74, 6) is -1.10. The van der Waals surface area contributed by atoms with Gasteiger partial charge < -0.3 is 0 Å². The van der Waals surface area contributed by atoms with E-state index in [0.29, 0.717) is 0 Å². The maximum Gasteiger partial charge on any atom is 0.523 e. The van der Waals surface area contributed by atoms with Crippen molar-refractivity contribution in [2.45, 2.75) is 15.3 Å². The third-order valence-corrected chi connectivity index (χ3v) is 9.12. The van der Waals surface area contributed by atoms with Gasteiger partial charge in [0.1, 0.15) is 0 Å². The van der Waals surface area contributed by atoms with Crippen molar-refractivity contribution in [3.8, 4) is 0 Å². The van der Waals surface area contributed by atoms with Crippen LogP contribution < -0.4 is 0 Å². The average Bonchev–Trinajstić information content (AvgIpc) is 2.74. The van der Waals surface area contributed by atoms with Crippen LogP contribution in [0.25, 0.3) is 0 Å². The molecule has 0 saturated heterocycles. The summed E-state index contributed by atoms with van der Waals surface area (Å²) >= 11 is 0. The fraction of sp³-hybridized carbons (Fsp3) is 0.0952. The number of hydrogen-bond donors (Lipinski definition) is 0. The summed E-state index contributed by atoms with van der Waals surface area (Å²) < 4.78 is 69.0. The number of ketones is 1. The lowest BCUT2D eigenvalue weighted by Gasteiger charge is -2.38. The zero-order chi connectivity index (χ0) is 21.8. The quantitative estimate of drug-likeness (QED) is 0.346. The lowest BCUT2D eigenvalue weighted by Crippen LogP contribution is -2.29. The van der Waals surface area contributed by atoms with Crippen LogP contribution in [0.1, 0.15) is 10.4 Å². The second-order valence-electron chi connectivity index (χ2n) is 6.20. The summed E-state index contributed by atoms with van der Waals surface area (Å²) in [6.07, 6.45) is 0. The van der Waals surface area contributed by atoms with E-state index in [4.69, 9.17) is 3.63 Å². The highest BCUT2D eigenvalue weighted by Gasteiger charge is 2.52. The molecule has 0 spiro atoms.